The first-order valence-corrected chi connectivity index (χ1v) is 15.0. The van der Waals surface area contributed by atoms with Crippen molar-refractivity contribution in [3.05, 3.63) is 94.8 Å². The van der Waals surface area contributed by atoms with Gasteiger partial charge in [0.25, 0.3) is 10.0 Å². The molecule has 0 saturated carbocycles. The number of nitrogens with one attached hydrogen (secondary N) is 1. The smallest absolute Gasteiger partial charge is 0.264 e. The number of halogens is 2. The van der Waals surface area contributed by atoms with Crippen LogP contribution in [0.1, 0.15) is 44.7 Å². The Morgan fingerprint density at radius 3 is 2.20 bits per heavy atom. The molecule has 0 aliphatic heterocycles. The number of rotatable bonds is 12. The molecule has 3 aromatic rings. The van der Waals surface area contributed by atoms with Crippen molar-refractivity contribution in [1.82, 2.24) is 10.2 Å². The first-order valence-electron chi connectivity index (χ1n) is 13.2. The Morgan fingerprint density at radius 2 is 1.62 bits per heavy atom. The van der Waals surface area contributed by atoms with Crippen LogP contribution >= 0.6 is 11.6 Å². The molecule has 1 N–H and O–H groups in total. The summed E-state index contributed by atoms with van der Waals surface area (Å²) in [6.07, 6.45) is 0.989. The van der Waals surface area contributed by atoms with E-state index in [1.807, 2.05) is 20.8 Å². The van der Waals surface area contributed by atoms with Crippen molar-refractivity contribution in [2.45, 2.75) is 64.1 Å². The topological polar surface area (TPSA) is 86.8 Å². The highest BCUT2D eigenvalue weighted by molar-refractivity contribution is 7.92. The van der Waals surface area contributed by atoms with Crippen LogP contribution in [0.4, 0.5) is 10.1 Å². The van der Waals surface area contributed by atoms with E-state index in [9.17, 15) is 22.4 Å². The second kappa shape index (κ2) is 13.8. The standard InChI is InChI=1S/C30H35ClFN3O4S/c1-5-22(4)33-30(37)28(6-2)34(19-23-12-14-25(32)15-13-23)29(36)20-35(26-9-7-8-24(31)18-26)40(38,39)27-16-10-21(3)11-17-27/h7-18,22,28H,5-6,19-20H2,1-4H3,(H,33,37)/t22-,28-/m0/s1. The van der Waals surface area contributed by atoms with Gasteiger partial charge >= 0.3 is 0 Å². The molecule has 0 aliphatic rings. The maximum atomic E-state index is 14.0. The lowest BCUT2D eigenvalue weighted by molar-refractivity contribution is -0.140. The van der Waals surface area contributed by atoms with Crippen molar-refractivity contribution in [1.29, 1.82) is 0 Å². The normalized spacial score (nSPS) is 12.8. The lowest BCUT2D eigenvalue weighted by atomic mass is 10.1. The predicted molar refractivity (Wildman–Crippen MR) is 156 cm³/mol. The summed E-state index contributed by atoms with van der Waals surface area (Å²) >= 11 is 6.20. The van der Waals surface area contributed by atoms with Gasteiger partial charge < -0.3 is 10.2 Å². The summed E-state index contributed by atoms with van der Waals surface area (Å²) in [6.45, 7) is 6.84. The van der Waals surface area contributed by atoms with E-state index in [1.165, 1.54) is 47.4 Å². The molecular weight excluding hydrogens is 553 g/mol. The number of carbonyl (C=O) groups is 2. The number of hydrogen-bond acceptors (Lipinski definition) is 4. The molecule has 214 valence electrons. The van der Waals surface area contributed by atoms with Crippen molar-refractivity contribution in [2.24, 2.45) is 0 Å². The minimum Gasteiger partial charge on any atom is -0.352 e. The van der Waals surface area contributed by atoms with Gasteiger partial charge in [0.15, 0.2) is 0 Å². The van der Waals surface area contributed by atoms with Gasteiger partial charge in [-0.05, 0) is 74.7 Å². The van der Waals surface area contributed by atoms with Crippen molar-refractivity contribution >= 4 is 39.1 Å². The first kappa shape index (κ1) is 31.1. The van der Waals surface area contributed by atoms with Crippen LogP contribution in [0.25, 0.3) is 0 Å². The number of sulfonamides is 1. The average Bonchev–Trinajstić information content (AvgIpc) is 2.92. The van der Waals surface area contributed by atoms with Crippen LogP contribution in [0, 0.1) is 12.7 Å². The summed E-state index contributed by atoms with van der Waals surface area (Å²) in [6, 6.07) is 17.2. The number of benzene rings is 3. The van der Waals surface area contributed by atoms with Crippen LogP contribution in [-0.2, 0) is 26.2 Å². The molecule has 0 heterocycles. The summed E-state index contributed by atoms with van der Waals surface area (Å²) in [7, 11) is -4.19. The molecule has 0 fully saturated rings. The number of anilines is 1. The van der Waals surface area contributed by atoms with Crippen LogP contribution in [-0.4, -0.2) is 43.8 Å². The molecule has 7 nitrogen and oxygen atoms in total. The lowest BCUT2D eigenvalue weighted by Crippen LogP contribution is -2.53. The van der Waals surface area contributed by atoms with E-state index in [0.29, 0.717) is 17.0 Å². The molecule has 0 spiro atoms. The minimum atomic E-state index is -4.19. The zero-order valence-corrected chi connectivity index (χ0v) is 24.7. The summed E-state index contributed by atoms with van der Waals surface area (Å²) in [4.78, 5) is 28.6. The summed E-state index contributed by atoms with van der Waals surface area (Å²) in [5, 5.41) is 3.22. The van der Waals surface area contributed by atoms with E-state index in [0.717, 1.165) is 9.87 Å². The third kappa shape index (κ3) is 7.82. The van der Waals surface area contributed by atoms with Gasteiger partial charge in [-0.3, -0.25) is 13.9 Å². The number of amides is 2. The van der Waals surface area contributed by atoms with E-state index in [2.05, 4.69) is 5.32 Å². The van der Waals surface area contributed by atoms with Crippen molar-refractivity contribution in [3.63, 3.8) is 0 Å². The van der Waals surface area contributed by atoms with Crippen molar-refractivity contribution in [3.8, 4) is 0 Å². The van der Waals surface area contributed by atoms with Crippen LogP contribution in [0.2, 0.25) is 5.02 Å². The molecule has 3 rings (SSSR count). The summed E-state index contributed by atoms with van der Waals surface area (Å²) in [5.41, 5.74) is 1.69. The Labute approximate surface area is 241 Å². The zero-order valence-electron chi connectivity index (χ0n) is 23.1. The highest BCUT2D eigenvalue weighted by Gasteiger charge is 2.34. The summed E-state index contributed by atoms with van der Waals surface area (Å²) in [5.74, 6) is -1.37. The molecule has 2 amide bonds. The molecular formula is C30H35ClFN3O4S. The quantitative estimate of drug-likeness (QED) is 0.294. The van der Waals surface area contributed by atoms with Gasteiger partial charge in [-0.2, -0.15) is 0 Å². The minimum absolute atomic E-state index is 0.0116. The van der Waals surface area contributed by atoms with Gasteiger partial charge in [0.1, 0.15) is 18.4 Å². The third-order valence-corrected chi connectivity index (χ3v) is 8.66. The molecule has 0 bridgehead atoms. The van der Waals surface area contributed by atoms with E-state index in [1.54, 1.807) is 37.3 Å². The van der Waals surface area contributed by atoms with E-state index < -0.39 is 34.3 Å². The molecule has 0 aliphatic carbocycles. The van der Waals surface area contributed by atoms with E-state index in [-0.39, 0.29) is 35.5 Å². The monoisotopic (exact) mass is 587 g/mol. The van der Waals surface area contributed by atoms with Gasteiger partial charge in [-0.25, -0.2) is 12.8 Å². The molecule has 0 saturated heterocycles. The fourth-order valence-corrected chi connectivity index (χ4v) is 5.74. The molecule has 0 radical (unpaired) electrons. The van der Waals surface area contributed by atoms with Crippen LogP contribution in [0.5, 0.6) is 0 Å². The van der Waals surface area contributed by atoms with E-state index >= 15 is 0 Å². The molecule has 10 heteroatoms. The number of nitrogens with zero attached hydrogens (tertiary/aromatic N) is 2. The SMILES string of the molecule is CC[C@H](C)NC(=O)[C@H](CC)N(Cc1ccc(F)cc1)C(=O)CN(c1cccc(Cl)c1)S(=O)(=O)c1ccc(C)cc1. The van der Waals surface area contributed by atoms with Gasteiger partial charge in [-0.15, -0.1) is 0 Å². The number of hydrogen-bond donors (Lipinski definition) is 1. The highest BCUT2D eigenvalue weighted by atomic mass is 35.5. The largest absolute Gasteiger partial charge is 0.352 e. The summed E-state index contributed by atoms with van der Waals surface area (Å²) < 4.78 is 42.3. The highest BCUT2D eigenvalue weighted by Crippen LogP contribution is 2.27. The van der Waals surface area contributed by atoms with Gasteiger partial charge in [0.2, 0.25) is 11.8 Å². The maximum Gasteiger partial charge on any atom is 0.264 e. The second-order valence-electron chi connectivity index (χ2n) is 9.69. The van der Waals surface area contributed by atoms with Crippen molar-refractivity contribution in [2.75, 3.05) is 10.8 Å². The fourth-order valence-electron chi connectivity index (χ4n) is 4.14. The maximum absolute atomic E-state index is 14.0. The Kier molecular flexibility index (Phi) is 10.7. The van der Waals surface area contributed by atoms with Gasteiger partial charge in [-0.1, -0.05) is 61.3 Å². The molecule has 40 heavy (non-hydrogen) atoms. The Bertz CT molecular complexity index is 1420. The van der Waals surface area contributed by atoms with Crippen LogP contribution < -0.4 is 9.62 Å². The first-order chi connectivity index (χ1) is 19.0. The number of carbonyl (C=O) groups excluding carboxylic acids is 2. The molecule has 2 atom stereocenters. The predicted octanol–water partition coefficient (Wildman–Crippen LogP) is 5.70. The van der Waals surface area contributed by atoms with Gasteiger partial charge in [0.05, 0.1) is 10.6 Å². The fraction of sp³-hybridized carbons (Fsp3) is 0.333. The Balaban J connectivity index is 2.05. The average molecular weight is 588 g/mol. The van der Waals surface area contributed by atoms with Gasteiger partial charge in [0, 0.05) is 17.6 Å². The Morgan fingerprint density at radius 1 is 0.975 bits per heavy atom. The van der Waals surface area contributed by atoms with Crippen LogP contribution in [0.3, 0.4) is 0 Å². The van der Waals surface area contributed by atoms with Crippen LogP contribution in [0.15, 0.2) is 77.7 Å². The third-order valence-electron chi connectivity index (χ3n) is 6.64. The molecule has 0 aromatic heterocycles. The molecule has 0 unspecified atom stereocenters. The molecule has 3 aromatic carbocycles. The Hall–Kier alpha value is -3.43. The van der Waals surface area contributed by atoms with E-state index in [4.69, 9.17) is 11.6 Å². The second-order valence-corrected chi connectivity index (χ2v) is 12.0. The number of aryl methyl sites for hydroxylation is 1. The van der Waals surface area contributed by atoms with Crippen molar-refractivity contribution < 1.29 is 22.4 Å². The lowest BCUT2D eigenvalue weighted by Gasteiger charge is -2.33. The zero-order chi connectivity index (χ0) is 29.4.